The van der Waals surface area contributed by atoms with E-state index in [1.165, 1.54) is 11.0 Å². The molecule has 2 rings (SSSR count). The minimum absolute atomic E-state index is 0.107. The van der Waals surface area contributed by atoms with Gasteiger partial charge in [0.05, 0.1) is 37.6 Å². The van der Waals surface area contributed by atoms with Gasteiger partial charge in [-0.2, -0.15) is 0 Å². The Kier molecular flexibility index (Phi) is 5.54. The molecule has 1 aliphatic rings. The number of hydrogen-bond acceptors (Lipinski definition) is 4. The number of piperazine rings is 1. The van der Waals surface area contributed by atoms with Crippen LogP contribution < -0.4 is 9.64 Å². The number of aryl methyl sites for hydroxylation is 1. The molecule has 23 heavy (non-hydrogen) atoms. The lowest BCUT2D eigenvalue weighted by atomic mass is 10.2. The Morgan fingerprint density at radius 1 is 1.43 bits per heavy atom. The summed E-state index contributed by atoms with van der Waals surface area (Å²) in [6.07, 6.45) is -0.736. The Hall–Kier alpha value is -2.15. The predicted octanol–water partition coefficient (Wildman–Crippen LogP) is 0.418. The van der Waals surface area contributed by atoms with Crippen LogP contribution in [0.3, 0.4) is 0 Å². The number of carbonyl (C=O) groups excluding carboxylic acids is 1. The second-order valence-corrected chi connectivity index (χ2v) is 5.92. The Morgan fingerprint density at radius 2 is 2.09 bits per heavy atom. The number of nitrogens with zero attached hydrogens (tertiary/aromatic N) is 2. The molecule has 1 saturated heterocycles. The number of quaternary nitrogens is 1. The normalized spacial score (nSPS) is 16.9. The molecule has 0 aliphatic carbocycles. The van der Waals surface area contributed by atoms with Gasteiger partial charge in [0.25, 0.3) is 5.91 Å². The summed E-state index contributed by atoms with van der Waals surface area (Å²) in [5, 5.41) is 11.1. The molecule has 1 heterocycles. The highest BCUT2D eigenvalue weighted by atomic mass is 16.6. The zero-order valence-corrected chi connectivity index (χ0v) is 13.9. The van der Waals surface area contributed by atoms with Crippen LogP contribution in [0.25, 0.3) is 0 Å². The zero-order valence-electron chi connectivity index (χ0n) is 13.9. The van der Waals surface area contributed by atoms with Gasteiger partial charge in [0.2, 0.25) is 0 Å². The Bertz CT molecular complexity index is 583. The first-order valence-corrected chi connectivity index (χ1v) is 7.96. The average molecular weight is 322 g/mol. The van der Waals surface area contributed by atoms with Crippen molar-refractivity contribution in [2.24, 2.45) is 0 Å². The van der Waals surface area contributed by atoms with Crippen LogP contribution in [-0.4, -0.2) is 54.6 Å². The molecule has 0 spiro atoms. The molecule has 7 heteroatoms. The number of nitro benzene ring substituents is 1. The van der Waals surface area contributed by atoms with Crippen LogP contribution in [0.4, 0.5) is 5.69 Å². The highest BCUT2D eigenvalue weighted by Crippen LogP contribution is 2.28. The summed E-state index contributed by atoms with van der Waals surface area (Å²) in [5.74, 6) is 0.0225. The standard InChI is InChI=1S/C16H23N3O4/c1-4-17-7-9-18(10-8-17)16(20)13(3)23-15-6-5-12(2)11-14(15)19(21)22/h5-6,11,13H,4,7-10H2,1-3H3/p+1/t13-/m0/s1. The van der Waals surface area contributed by atoms with Crippen molar-refractivity contribution in [1.82, 2.24) is 4.90 Å². The summed E-state index contributed by atoms with van der Waals surface area (Å²) in [6.45, 7) is 9.88. The number of nitro groups is 1. The molecule has 0 bridgehead atoms. The maximum atomic E-state index is 12.5. The minimum Gasteiger partial charge on any atom is -0.474 e. The number of benzene rings is 1. The van der Waals surface area contributed by atoms with Crippen LogP contribution in [0.15, 0.2) is 18.2 Å². The molecule has 0 saturated carbocycles. The van der Waals surface area contributed by atoms with E-state index in [0.29, 0.717) is 13.1 Å². The van der Waals surface area contributed by atoms with E-state index in [1.54, 1.807) is 30.9 Å². The average Bonchev–Trinajstić information content (AvgIpc) is 2.55. The lowest BCUT2D eigenvalue weighted by Gasteiger charge is -2.33. The van der Waals surface area contributed by atoms with E-state index < -0.39 is 11.0 Å². The third-order valence-corrected chi connectivity index (χ3v) is 4.24. The van der Waals surface area contributed by atoms with Gasteiger partial charge >= 0.3 is 5.69 Å². The first-order chi connectivity index (χ1) is 10.9. The number of rotatable bonds is 5. The lowest BCUT2D eigenvalue weighted by Crippen LogP contribution is -3.14. The summed E-state index contributed by atoms with van der Waals surface area (Å²) in [6, 6.07) is 4.75. The van der Waals surface area contributed by atoms with E-state index >= 15 is 0 Å². The fraction of sp³-hybridized carbons (Fsp3) is 0.562. The molecule has 1 atom stereocenters. The first kappa shape index (κ1) is 17.2. The van der Waals surface area contributed by atoms with Crippen molar-refractivity contribution in [2.45, 2.75) is 26.9 Å². The first-order valence-electron chi connectivity index (χ1n) is 7.96. The molecule has 1 N–H and O–H groups in total. The molecule has 1 aromatic carbocycles. The van der Waals surface area contributed by atoms with Crippen LogP contribution in [0.2, 0.25) is 0 Å². The van der Waals surface area contributed by atoms with Crippen LogP contribution in [0.5, 0.6) is 5.75 Å². The molecule has 126 valence electrons. The van der Waals surface area contributed by atoms with E-state index in [4.69, 9.17) is 4.74 Å². The maximum absolute atomic E-state index is 12.5. The minimum atomic E-state index is -0.736. The van der Waals surface area contributed by atoms with Crippen molar-refractivity contribution in [3.8, 4) is 5.75 Å². The molecular formula is C16H24N3O4+. The number of carbonyl (C=O) groups is 1. The Morgan fingerprint density at radius 3 is 2.65 bits per heavy atom. The van der Waals surface area contributed by atoms with Crippen molar-refractivity contribution >= 4 is 11.6 Å². The number of nitrogens with one attached hydrogen (secondary N) is 1. The molecule has 0 radical (unpaired) electrons. The predicted molar refractivity (Wildman–Crippen MR) is 85.7 cm³/mol. The highest BCUT2D eigenvalue weighted by molar-refractivity contribution is 5.81. The van der Waals surface area contributed by atoms with Gasteiger partial charge < -0.3 is 14.5 Å². The fourth-order valence-electron chi connectivity index (χ4n) is 2.76. The SMILES string of the molecule is CC[NH+]1CCN(C(=O)[C@H](C)Oc2ccc(C)cc2[N+](=O)[O-])CC1. The molecule has 1 aromatic rings. The molecule has 0 aromatic heterocycles. The fourth-order valence-corrected chi connectivity index (χ4v) is 2.76. The number of hydrogen-bond donors (Lipinski definition) is 1. The Balaban J connectivity index is 2.03. The molecule has 1 fully saturated rings. The number of ether oxygens (including phenoxy) is 1. The van der Waals surface area contributed by atoms with Gasteiger partial charge in [-0.25, -0.2) is 0 Å². The Labute approximate surface area is 136 Å². The van der Waals surface area contributed by atoms with E-state index in [9.17, 15) is 14.9 Å². The summed E-state index contributed by atoms with van der Waals surface area (Å²) >= 11 is 0. The molecule has 1 aliphatic heterocycles. The van der Waals surface area contributed by atoms with Gasteiger partial charge in [0, 0.05) is 6.07 Å². The van der Waals surface area contributed by atoms with Crippen LogP contribution in [0, 0.1) is 17.0 Å². The summed E-state index contributed by atoms with van der Waals surface area (Å²) in [4.78, 5) is 26.4. The van der Waals surface area contributed by atoms with Crippen molar-refractivity contribution in [2.75, 3.05) is 32.7 Å². The van der Waals surface area contributed by atoms with Gasteiger partial charge in [0.1, 0.15) is 0 Å². The monoisotopic (exact) mass is 322 g/mol. The second kappa shape index (κ2) is 7.41. The third kappa shape index (κ3) is 4.19. The van der Waals surface area contributed by atoms with Crippen molar-refractivity contribution < 1.29 is 19.4 Å². The van der Waals surface area contributed by atoms with Gasteiger partial charge in [-0.15, -0.1) is 0 Å². The van der Waals surface area contributed by atoms with E-state index in [1.807, 2.05) is 0 Å². The second-order valence-electron chi connectivity index (χ2n) is 5.92. The van der Waals surface area contributed by atoms with Crippen LogP contribution in [-0.2, 0) is 4.79 Å². The van der Waals surface area contributed by atoms with E-state index in [2.05, 4.69) is 6.92 Å². The number of likely N-dealkylation sites (N-methyl/N-ethyl adjacent to an activating group) is 1. The molecule has 1 amide bonds. The lowest BCUT2D eigenvalue weighted by molar-refractivity contribution is -0.902. The van der Waals surface area contributed by atoms with Crippen LogP contribution >= 0.6 is 0 Å². The van der Waals surface area contributed by atoms with E-state index in [0.717, 1.165) is 25.2 Å². The summed E-state index contributed by atoms with van der Waals surface area (Å²) < 4.78 is 5.59. The third-order valence-electron chi connectivity index (χ3n) is 4.24. The molecular weight excluding hydrogens is 298 g/mol. The van der Waals surface area contributed by atoms with Gasteiger partial charge in [0.15, 0.2) is 11.9 Å². The van der Waals surface area contributed by atoms with Gasteiger partial charge in [-0.1, -0.05) is 6.07 Å². The highest BCUT2D eigenvalue weighted by Gasteiger charge is 2.28. The van der Waals surface area contributed by atoms with E-state index in [-0.39, 0.29) is 17.3 Å². The summed E-state index contributed by atoms with van der Waals surface area (Å²) in [5.41, 5.74) is 0.673. The molecule has 0 unspecified atom stereocenters. The zero-order chi connectivity index (χ0) is 17.0. The molecule has 7 nitrogen and oxygen atoms in total. The summed E-state index contributed by atoms with van der Waals surface area (Å²) in [7, 11) is 0. The largest absolute Gasteiger partial charge is 0.474 e. The smallest absolute Gasteiger partial charge is 0.311 e. The van der Waals surface area contributed by atoms with Crippen molar-refractivity contribution in [1.29, 1.82) is 0 Å². The van der Waals surface area contributed by atoms with Crippen molar-refractivity contribution in [3.05, 3.63) is 33.9 Å². The van der Waals surface area contributed by atoms with Gasteiger partial charge in [-0.3, -0.25) is 14.9 Å². The topological polar surface area (TPSA) is 77.1 Å². The number of amides is 1. The van der Waals surface area contributed by atoms with Gasteiger partial charge in [-0.05, 0) is 32.4 Å². The van der Waals surface area contributed by atoms with Crippen molar-refractivity contribution in [3.63, 3.8) is 0 Å². The quantitative estimate of drug-likeness (QED) is 0.629. The van der Waals surface area contributed by atoms with Crippen LogP contribution in [0.1, 0.15) is 19.4 Å². The maximum Gasteiger partial charge on any atom is 0.311 e.